The van der Waals surface area contributed by atoms with Gasteiger partial charge in [0.25, 0.3) is 0 Å². The van der Waals surface area contributed by atoms with Crippen molar-refractivity contribution in [2.75, 3.05) is 20.7 Å². The van der Waals surface area contributed by atoms with Crippen LogP contribution in [0.5, 0.6) is 5.75 Å². The molecule has 4 aromatic rings. The van der Waals surface area contributed by atoms with Gasteiger partial charge in [0, 0.05) is 40.9 Å². The Hall–Kier alpha value is -2.23. The molecule has 0 amide bonds. The van der Waals surface area contributed by atoms with E-state index in [2.05, 4.69) is 46.3 Å². The maximum absolute atomic E-state index is 13.2. The summed E-state index contributed by atoms with van der Waals surface area (Å²) >= 11 is 5.17. The number of thioether (sulfide) groups is 1. The smallest absolute Gasteiger partial charge is 0.340 e. The summed E-state index contributed by atoms with van der Waals surface area (Å²) in [5.74, 6) is 0.386. The third-order valence-electron chi connectivity index (χ3n) is 5.69. The fourth-order valence-corrected chi connectivity index (χ4v) is 5.62. The summed E-state index contributed by atoms with van der Waals surface area (Å²) in [6.07, 6.45) is 0. The zero-order valence-corrected chi connectivity index (χ0v) is 23.3. The van der Waals surface area contributed by atoms with Crippen molar-refractivity contribution in [3.8, 4) is 5.75 Å². The Morgan fingerprint density at radius 1 is 1.14 bits per heavy atom. The average Bonchev–Trinajstić information content (AvgIpc) is 3.06. The van der Waals surface area contributed by atoms with Crippen LogP contribution in [0.4, 0.5) is 0 Å². The van der Waals surface area contributed by atoms with E-state index in [-0.39, 0.29) is 36.2 Å². The van der Waals surface area contributed by atoms with E-state index in [9.17, 15) is 9.90 Å². The molecule has 35 heavy (non-hydrogen) atoms. The van der Waals surface area contributed by atoms with Gasteiger partial charge < -0.3 is 24.8 Å². The SMILES string of the molecule is CCOC(=O)c1c(CSc2ccc3ccccc3c2)n(C)c2cc(Br)c(O)c(CN(C)C)c12.Cl.O. The van der Waals surface area contributed by atoms with E-state index in [0.29, 0.717) is 27.9 Å². The number of aryl methyl sites for hydroxylation is 1. The molecule has 0 spiro atoms. The Morgan fingerprint density at radius 3 is 2.49 bits per heavy atom. The number of aromatic nitrogens is 1. The molecule has 0 aliphatic carbocycles. The molecule has 0 saturated heterocycles. The molecular weight excluding hydrogens is 552 g/mol. The van der Waals surface area contributed by atoms with Gasteiger partial charge in [0.05, 0.1) is 22.2 Å². The molecule has 6 nitrogen and oxygen atoms in total. The molecule has 0 aliphatic heterocycles. The number of fused-ring (bicyclic) bond motifs is 2. The van der Waals surface area contributed by atoms with Gasteiger partial charge in [-0.25, -0.2) is 4.79 Å². The van der Waals surface area contributed by atoms with Crippen LogP contribution in [-0.4, -0.2) is 46.7 Å². The summed E-state index contributed by atoms with van der Waals surface area (Å²) in [5.41, 5.74) is 3.00. The van der Waals surface area contributed by atoms with Crippen molar-refractivity contribution in [3.05, 3.63) is 69.8 Å². The highest BCUT2D eigenvalue weighted by Crippen LogP contribution is 2.41. The molecule has 0 fully saturated rings. The van der Waals surface area contributed by atoms with Gasteiger partial charge in [-0.1, -0.05) is 30.3 Å². The van der Waals surface area contributed by atoms with E-state index in [4.69, 9.17) is 4.74 Å². The first-order valence-electron chi connectivity index (χ1n) is 10.8. The van der Waals surface area contributed by atoms with Gasteiger partial charge in [0.2, 0.25) is 0 Å². The number of carbonyl (C=O) groups excluding carboxylic acids is 1. The molecule has 1 heterocycles. The number of ether oxygens (including phenoxy) is 1. The summed E-state index contributed by atoms with van der Waals surface area (Å²) in [6, 6.07) is 16.6. The molecule has 1 aromatic heterocycles. The van der Waals surface area contributed by atoms with E-state index in [1.54, 1.807) is 18.7 Å². The highest BCUT2D eigenvalue weighted by molar-refractivity contribution is 9.10. The highest BCUT2D eigenvalue weighted by atomic mass is 79.9. The molecule has 188 valence electrons. The van der Waals surface area contributed by atoms with Crippen molar-refractivity contribution in [2.24, 2.45) is 7.05 Å². The Bertz CT molecular complexity index is 1360. The van der Waals surface area contributed by atoms with E-state index in [1.807, 2.05) is 48.8 Å². The lowest BCUT2D eigenvalue weighted by Crippen LogP contribution is -2.13. The lowest BCUT2D eigenvalue weighted by atomic mass is 10.0. The molecule has 3 N–H and O–H groups in total. The van der Waals surface area contributed by atoms with Gasteiger partial charge in [0.15, 0.2) is 0 Å². The first kappa shape index (κ1) is 29.0. The van der Waals surface area contributed by atoms with Crippen LogP contribution in [0, 0.1) is 0 Å². The first-order chi connectivity index (χ1) is 15.8. The van der Waals surface area contributed by atoms with Crippen molar-refractivity contribution < 1.29 is 20.1 Å². The van der Waals surface area contributed by atoms with Gasteiger partial charge >= 0.3 is 5.97 Å². The van der Waals surface area contributed by atoms with Crippen molar-refractivity contribution in [1.29, 1.82) is 0 Å². The number of rotatable bonds is 7. The molecule has 0 saturated carbocycles. The second-order valence-electron chi connectivity index (χ2n) is 8.22. The zero-order valence-electron chi connectivity index (χ0n) is 20.1. The number of phenols is 1. The number of carbonyl (C=O) groups is 1. The second-order valence-corrected chi connectivity index (χ2v) is 10.1. The Balaban J connectivity index is 0.00000216. The fraction of sp³-hybridized carbons (Fsp3) is 0.269. The Labute approximate surface area is 224 Å². The van der Waals surface area contributed by atoms with Crippen molar-refractivity contribution in [1.82, 2.24) is 9.47 Å². The summed E-state index contributed by atoms with van der Waals surface area (Å²) in [5, 5.41) is 14.0. The number of hydrogen-bond donors (Lipinski definition) is 1. The largest absolute Gasteiger partial charge is 0.506 e. The molecule has 0 bridgehead atoms. The van der Waals surface area contributed by atoms with Crippen molar-refractivity contribution in [3.63, 3.8) is 0 Å². The summed E-state index contributed by atoms with van der Waals surface area (Å²) in [7, 11) is 5.84. The molecule has 0 unspecified atom stereocenters. The molecular formula is C26H30BrClN2O4S. The van der Waals surface area contributed by atoms with Gasteiger partial charge in [-0.2, -0.15) is 0 Å². The third kappa shape index (κ3) is 5.78. The van der Waals surface area contributed by atoms with Crippen molar-refractivity contribution in [2.45, 2.75) is 24.1 Å². The van der Waals surface area contributed by atoms with Crippen LogP contribution in [0.3, 0.4) is 0 Å². The van der Waals surface area contributed by atoms with Crippen LogP contribution >= 0.6 is 40.1 Å². The predicted octanol–water partition coefficient (Wildman–Crippen LogP) is 5.93. The lowest BCUT2D eigenvalue weighted by molar-refractivity contribution is 0.0527. The van der Waals surface area contributed by atoms with E-state index < -0.39 is 0 Å². The highest BCUT2D eigenvalue weighted by Gasteiger charge is 2.27. The third-order valence-corrected chi connectivity index (χ3v) is 7.30. The molecule has 0 radical (unpaired) electrons. The first-order valence-corrected chi connectivity index (χ1v) is 12.5. The zero-order chi connectivity index (χ0) is 23.7. The van der Waals surface area contributed by atoms with Crippen LogP contribution in [0.2, 0.25) is 0 Å². The van der Waals surface area contributed by atoms with Crippen molar-refractivity contribution >= 4 is 67.7 Å². The number of phenolic OH excluding ortho intramolecular Hbond substituents is 1. The van der Waals surface area contributed by atoms with Gasteiger partial charge in [-0.15, -0.1) is 24.2 Å². The van der Waals surface area contributed by atoms with E-state index in [1.165, 1.54) is 10.8 Å². The normalized spacial score (nSPS) is 10.9. The quantitative estimate of drug-likeness (QED) is 0.216. The minimum absolute atomic E-state index is 0. The van der Waals surface area contributed by atoms with Gasteiger partial charge in [-0.05, 0) is 65.9 Å². The second kappa shape index (κ2) is 12.1. The van der Waals surface area contributed by atoms with Crippen LogP contribution in [0.1, 0.15) is 28.5 Å². The molecule has 0 aliphatic rings. The van der Waals surface area contributed by atoms with Crippen LogP contribution in [0.25, 0.3) is 21.7 Å². The number of esters is 1. The topological polar surface area (TPSA) is 86.2 Å². The molecule has 4 rings (SSSR count). The number of benzene rings is 3. The number of hydrogen-bond acceptors (Lipinski definition) is 5. The Kier molecular flexibility index (Phi) is 10.1. The summed E-state index contributed by atoms with van der Waals surface area (Å²) in [6.45, 7) is 2.59. The van der Waals surface area contributed by atoms with Gasteiger partial charge in [-0.3, -0.25) is 0 Å². The molecule has 0 atom stereocenters. The number of aromatic hydroxyl groups is 1. The van der Waals surface area contributed by atoms with Crippen LogP contribution < -0.4 is 0 Å². The molecule has 9 heteroatoms. The maximum Gasteiger partial charge on any atom is 0.340 e. The average molecular weight is 582 g/mol. The Morgan fingerprint density at radius 2 is 1.83 bits per heavy atom. The number of halogens is 2. The standard InChI is InChI=1S/C26H27BrN2O3S.ClH.H2O/c1-5-32-26(31)24-22(15-33-18-11-10-16-8-6-7-9-17(16)12-18)29(4)21-13-20(27)25(30)19(23(21)24)14-28(2)3;;/h6-13,30H,5,14-15H2,1-4H3;1H;1H2. The number of nitrogens with zero attached hydrogens (tertiary/aromatic N) is 2. The monoisotopic (exact) mass is 580 g/mol. The minimum atomic E-state index is -0.362. The maximum atomic E-state index is 13.2. The predicted molar refractivity (Wildman–Crippen MR) is 150 cm³/mol. The minimum Gasteiger partial charge on any atom is -0.506 e. The van der Waals surface area contributed by atoms with Gasteiger partial charge in [0.1, 0.15) is 5.75 Å². The fourth-order valence-electron chi connectivity index (χ4n) is 4.15. The summed E-state index contributed by atoms with van der Waals surface area (Å²) in [4.78, 5) is 16.3. The molecule has 3 aromatic carbocycles. The van der Waals surface area contributed by atoms with Crippen LogP contribution in [-0.2, 0) is 24.1 Å². The summed E-state index contributed by atoms with van der Waals surface area (Å²) < 4.78 is 8.11. The van der Waals surface area contributed by atoms with E-state index in [0.717, 1.165) is 21.5 Å². The lowest BCUT2D eigenvalue weighted by Gasteiger charge is -2.15. The van der Waals surface area contributed by atoms with E-state index >= 15 is 0 Å². The van der Waals surface area contributed by atoms with Crippen LogP contribution in [0.15, 0.2) is 57.9 Å².